The molecule has 0 fully saturated rings. The van der Waals surface area contributed by atoms with Crippen LogP contribution < -0.4 is 10.6 Å². The van der Waals surface area contributed by atoms with Gasteiger partial charge in [0.25, 0.3) is 0 Å². The zero-order chi connectivity index (χ0) is 15.9. The lowest BCUT2D eigenvalue weighted by molar-refractivity contribution is -0.123. The topological polar surface area (TPSA) is 58.2 Å². The molecule has 2 aromatic rings. The minimum Gasteiger partial charge on any atom is -0.347 e. The van der Waals surface area contributed by atoms with Crippen molar-refractivity contribution in [3.8, 4) is 0 Å². The zero-order valence-corrected chi connectivity index (χ0v) is 13.8. The molecule has 2 aromatic carbocycles. The van der Waals surface area contributed by atoms with E-state index in [0.29, 0.717) is 0 Å². The maximum atomic E-state index is 11.8. The van der Waals surface area contributed by atoms with Gasteiger partial charge in [0.1, 0.15) is 0 Å². The number of anilines is 1. The molecular weight excluding hydrogens is 344 g/mol. The fraction of sp³-hybridized carbons (Fsp3) is 0.176. The second-order valence-corrected chi connectivity index (χ2v) is 5.92. The highest BCUT2D eigenvalue weighted by Gasteiger charge is 2.07. The summed E-state index contributed by atoms with van der Waals surface area (Å²) in [6.45, 7) is 1.91. The van der Waals surface area contributed by atoms with E-state index >= 15 is 0 Å². The van der Waals surface area contributed by atoms with E-state index in [1.165, 1.54) is 0 Å². The van der Waals surface area contributed by atoms with Gasteiger partial charge < -0.3 is 10.6 Å². The lowest BCUT2D eigenvalue weighted by atomic mass is 10.1. The molecule has 0 saturated carbocycles. The fourth-order valence-corrected chi connectivity index (χ4v) is 2.45. The summed E-state index contributed by atoms with van der Waals surface area (Å²) in [4.78, 5) is 23.6. The first-order valence-electron chi connectivity index (χ1n) is 6.90. The number of benzene rings is 2. The van der Waals surface area contributed by atoms with Crippen LogP contribution in [0, 0.1) is 6.92 Å². The second-order valence-electron chi connectivity index (χ2n) is 5.00. The van der Waals surface area contributed by atoms with Crippen LogP contribution in [0.25, 0.3) is 0 Å². The van der Waals surface area contributed by atoms with E-state index in [4.69, 9.17) is 0 Å². The van der Waals surface area contributed by atoms with Gasteiger partial charge in [0.05, 0.1) is 13.0 Å². The van der Waals surface area contributed by atoms with Gasteiger partial charge in [0.2, 0.25) is 11.8 Å². The predicted molar refractivity (Wildman–Crippen MR) is 90.7 cm³/mol. The van der Waals surface area contributed by atoms with Crippen LogP contribution in [0.5, 0.6) is 0 Å². The molecule has 0 atom stereocenters. The van der Waals surface area contributed by atoms with Crippen LogP contribution in [0.1, 0.15) is 11.1 Å². The predicted octanol–water partition coefficient (Wildman–Crippen LogP) is 3.05. The van der Waals surface area contributed by atoms with Crippen molar-refractivity contribution in [2.45, 2.75) is 13.3 Å². The third-order valence-electron chi connectivity index (χ3n) is 3.00. The average molecular weight is 361 g/mol. The summed E-state index contributed by atoms with van der Waals surface area (Å²) in [6, 6.07) is 15.0. The summed E-state index contributed by atoms with van der Waals surface area (Å²) >= 11 is 3.36. The van der Waals surface area contributed by atoms with Gasteiger partial charge in [-0.2, -0.15) is 0 Å². The molecule has 0 heterocycles. The van der Waals surface area contributed by atoms with E-state index < -0.39 is 0 Å². The number of aryl methyl sites for hydroxylation is 1. The first-order chi connectivity index (χ1) is 10.5. The Morgan fingerprint density at radius 2 is 1.82 bits per heavy atom. The number of halogens is 1. The Hall–Kier alpha value is -2.14. The van der Waals surface area contributed by atoms with Crippen LogP contribution in [0.4, 0.5) is 5.69 Å². The highest BCUT2D eigenvalue weighted by Crippen LogP contribution is 2.12. The van der Waals surface area contributed by atoms with Gasteiger partial charge in [-0.25, -0.2) is 0 Å². The smallest absolute Gasteiger partial charge is 0.243 e. The highest BCUT2D eigenvalue weighted by atomic mass is 79.9. The van der Waals surface area contributed by atoms with E-state index in [-0.39, 0.29) is 24.8 Å². The van der Waals surface area contributed by atoms with Crippen molar-refractivity contribution < 1.29 is 9.59 Å². The molecule has 2 N–H and O–H groups in total. The third-order valence-corrected chi connectivity index (χ3v) is 3.49. The van der Waals surface area contributed by atoms with E-state index in [9.17, 15) is 9.59 Å². The minimum atomic E-state index is -0.242. The van der Waals surface area contributed by atoms with Gasteiger partial charge >= 0.3 is 0 Å². The van der Waals surface area contributed by atoms with Crippen molar-refractivity contribution in [2.75, 3.05) is 11.9 Å². The van der Waals surface area contributed by atoms with Crippen LogP contribution in [-0.4, -0.2) is 18.4 Å². The second kappa shape index (κ2) is 7.75. The molecule has 0 saturated heterocycles. The van der Waals surface area contributed by atoms with Crippen LogP contribution >= 0.6 is 15.9 Å². The molecule has 0 aliphatic carbocycles. The largest absolute Gasteiger partial charge is 0.347 e. The Morgan fingerprint density at radius 3 is 2.55 bits per heavy atom. The van der Waals surface area contributed by atoms with Gasteiger partial charge in [0.15, 0.2) is 0 Å². The van der Waals surface area contributed by atoms with E-state index in [0.717, 1.165) is 21.3 Å². The first kappa shape index (κ1) is 16.2. The molecule has 0 spiro atoms. The number of hydrogen-bond acceptors (Lipinski definition) is 2. The van der Waals surface area contributed by atoms with Gasteiger partial charge in [-0.15, -0.1) is 0 Å². The summed E-state index contributed by atoms with van der Waals surface area (Å²) < 4.78 is 0.926. The SMILES string of the molecule is Cc1cccc(NC(=O)CNC(=O)Cc2cccc(Br)c2)c1. The molecule has 0 unspecified atom stereocenters. The number of nitrogens with one attached hydrogen (secondary N) is 2. The van der Waals surface area contributed by atoms with Crippen LogP contribution in [-0.2, 0) is 16.0 Å². The monoisotopic (exact) mass is 360 g/mol. The summed E-state index contributed by atoms with van der Waals surface area (Å²) in [5.41, 5.74) is 2.69. The third kappa shape index (κ3) is 5.33. The van der Waals surface area contributed by atoms with Crippen molar-refractivity contribution in [2.24, 2.45) is 0 Å². The van der Waals surface area contributed by atoms with Crippen molar-refractivity contribution in [1.82, 2.24) is 5.32 Å². The van der Waals surface area contributed by atoms with E-state index in [1.807, 2.05) is 55.5 Å². The molecule has 0 radical (unpaired) electrons. The lowest BCUT2D eigenvalue weighted by Gasteiger charge is -2.08. The van der Waals surface area contributed by atoms with Gasteiger partial charge in [-0.1, -0.05) is 40.2 Å². The van der Waals surface area contributed by atoms with Crippen molar-refractivity contribution >= 4 is 33.4 Å². The Morgan fingerprint density at radius 1 is 1.05 bits per heavy atom. The van der Waals surface area contributed by atoms with Crippen molar-refractivity contribution in [3.63, 3.8) is 0 Å². The molecule has 2 rings (SSSR count). The van der Waals surface area contributed by atoms with Gasteiger partial charge in [-0.3, -0.25) is 9.59 Å². The van der Waals surface area contributed by atoms with Crippen LogP contribution in [0.2, 0.25) is 0 Å². The van der Waals surface area contributed by atoms with Gasteiger partial charge in [-0.05, 0) is 42.3 Å². The number of rotatable bonds is 5. The summed E-state index contributed by atoms with van der Waals surface area (Å²) in [6.07, 6.45) is 0.247. The Kier molecular flexibility index (Phi) is 5.72. The van der Waals surface area contributed by atoms with E-state index in [2.05, 4.69) is 26.6 Å². The average Bonchev–Trinajstić information content (AvgIpc) is 2.45. The maximum absolute atomic E-state index is 11.8. The molecule has 0 aromatic heterocycles. The van der Waals surface area contributed by atoms with Crippen LogP contribution in [0.15, 0.2) is 53.0 Å². The summed E-state index contributed by atoms with van der Waals surface area (Å²) in [5, 5.41) is 5.37. The highest BCUT2D eigenvalue weighted by molar-refractivity contribution is 9.10. The molecule has 0 aliphatic rings. The summed E-state index contributed by atoms with van der Waals surface area (Å²) in [7, 11) is 0. The van der Waals surface area contributed by atoms with Crippen molar-refractivity contribution in [1.29, 1.82) is 0 Å². The van der Waals surface area contributed by atoms with E-state index in [1.54, 1.807) is 0 Å². The summed E-state index contributed by atoms with van der Waals surface area (Å²) in [5.74, 6) is -0.425. The first-order valence-corrected chi connectivity index (χ1v) is 7.70. The molecular formula is C17H17BrN2O2. The Bertz CT molecular complexity index is 626. The maximum Gasteiger partial charge on any atom is 0.243 e. The molecule has 2 amide bonds. The fourth-order valence-electron chi connectivity index (χ4n) is 2.00. The zero-order valence-electron chi connectivity index (χ0n) is 12.2. The number of carbonyl (C=O) groups excluding carboxylic acids is 2. The quantitative estimate of drug-likeness (QED) is 0.860. The number of carbonyl (C=O) groups is 2. The lowest BCUT2D eigenvalue weighted by Crippen LogP contribution is -2.33. The molecule has 5 heteroatoms. The standard InChI is InChI=1S/C17H17BrN2O2/c1-12-4-2-7-15(8-12)20-17(22)11-19-16(21)10-13-5-3-6-14(18)9-13/h2-9H,10-11H2,1H3,(H,19,21)(H,20,22). The molecule has 0 aliphatic heterocycles. The molecule has 22 heavy (non-hydrogen) atoms. The molecule has 0 bridgehead atoms. The van der Waals surface area contributed by atoms with Crippen LogP contribution in [0.3, 0.4) is 0 Å². The number of hydrogen-bond donors (Lipinski definition) is 2. The Balaban J connectivity index is 1.79. The minimum absolute atomic E-state index is 0.0409. The van der Waals surface area contributed by atoms with Crippen molar-refractivity contribution in [3.05, 3.63) is 64.1 Å². The normalized spacial score (nSPS) is 10.1. The number of amides is 2. The Labute approximate surface area is 138 Å². The molecule has 4 nitrogen and oxygen atoms in total. The molecule has 114 valence electrons. The van der Waals surface area contributed by atoms with Gasteiger partial charge in [0, 0.05) is 10.2 Å².